The van der Waals surface area contributed by atoms with Crippen LogP contribution in [-0.2, 0) is 14.3 Å². The van der Waals surface area contributed by atoms with Crippen molar-refractivity contribution in [3.05, 3.63) is 36.0 Å². The van der Waals surface area contributed by atoms with E-state index in [1.807, 2.05) is 18.2 Å². The normalized spacial score (nSPS) is 21.9. The monoisotopic (exact) mass is 220 g/mol. The highest BCUT2D eigenvalue weighted by atomic mass is 16.5. The number of ether oxygens (including phenoxy) is 1. The van der Waals surface area contributed by atoms with Crippen molar-refractivity contribution >= 4 is 11.8 Å². The van der Waals surface area contributed by atoms with Gasteiger partial charge in [0.1, 0.15) is 11.9 Å². The fraction of sp³-hybridized carbons (Fsp3) is 0.273. The van der Waals surface area contributed by atoms with E-state index in [-0.39, 0.29) is 17.8 Å². The topological polar surface area (TPSA) is 58.6 Å². The van der Waals surface area contributed by atoms with Crippen molar-refractivity contribution in [3.8, 4) is 0 Å². The zero-order valence-electron chi connectivity index (χ0n) is 9.06. The number of hydrogen-bond donors (Lipinski definition) is 1. The predicted octanol–water partition coefficient (Wildman–Crippen LogP) is 0.622. The van der Waals surface area contributed by atoms with E-state index < -0.39 is 5.97 Å². The quantitative estimate of drug-likeness (QED) is 0.691. The molecule has 0 aromatic rings. The molecular weight excluding hydrogens is 208 g/mol. The summed E-state index contributed by atoms with van der Waals surface area (Å²) in [6.45, 7) is 2.74. The van der Waals surface area contributed by atoms with E-state index in [0.717, 1.165) is 0 Å². The Balaban J connectivity index is 2.34. The summed E-state index contributed by atoms with van der Waals surface area (Å²) in [6.07, 6.45) is 7.17. The standard InChI is InChI=1S/C11H12N2O3/c1-7(14)10-11(16-8(2)15)12-9-5-3-4-6-13(9)10/h3-6,9,12H,1-2H3. The second-order valence-corrected chi connectivity index (χ2v) is 3.55. The number of Topliss-reactive ketones (excluding diaryl/α,β-unsaturated/α-hetero) is 1. The summed E-state index contributed by atoms with van der Waals surface area (Å²) < 4.78 is 4.98. The number of rotatable bonds is 2. The summed E-state index contributed by atoms with van der Waals surface area (Å²) >= 11 is 0. The molecule has 1 N–H and O–H groups in total. The van der Waals surface area contributed by atoms with Gasteiger partial charge >= 0.3 is 5.97 Å². The Bertz CT molecular complexity index is 435. The lowest BCUT2D eigenvalue weighted by atomic mass is 10.2. The van der Waals surface area contributed by atoms with Gasteiger partial charge in [0.15, 0.2) is 5.78 Å². The summed E-state index contributed by atoms with van der Waals surface area (Å²) in [6, 6.07) is 0. The molecule has 5 nitrogen and oxygen atoms in total. The average molecular weight is 220 g/mol. The first-order valence-electron chi connectivity index (χ1n) is 4.93. The molecule has 5 heteroatoms. The first kappa shape index (κ1) is 10.5. The van der Waals surface area contributed by atoms with Crippen molar-refractivity contribution in [3.63, 3.8) is 0 Å². The molecule has 0 radical (unpaired) electrons. The number of nitrogens with one attached hydrogen (secondary N) is 1. The minimum atomic E-state index is -0.450. The number of esters is 1. The molecule has 2 heterocycles. The number of carbonyl (C=O) groups is 2. The van der Waals surface area contributed by atoms with Crippen LogP contribution in [0.3, 0.4) is 0 Å². The molecule has 0 aliphatic carbocycles. The van der Waals surface area contributed by atoms with Gasteiger partial charge in [-0.1, -0.05) is 6.08 Å². The van der Waals surface area contributed by atoms with Gasteiger partial charge in [-0.2, -0.15) is 0 Å². The first-order chi connectivity index (χ1) is 7.59. The van der Waals surface area contributed by atoms with Crippen LogP contribution in [-0.4, -0.2) is 22.8 Å². The Hall–Kier alpha value is -2.04. The van der Waals surface area contributed by atoms with Gasteiger partial charge in [-0.05, 0) is 12.2 Å². The van der Waals surface area contributed by atoms with Crippen molar-refractivity contribution in [2.75, 3.05) is 0 Å². The molecule has 0 aromatic heterocycles. The minimum Gasteiger partial charge on any atom is -0.408 e. The lowest BCUT2D eigenvalue weighted by Crippen LogP contribution is -2.34. The van der Waals surface area contributed by atoms with Crippen LogP contribution in [0.1, 0.15) is 13.8 Å². The molecule has 16 heavy (non-hydrogen) atoms. The van der Waals surface area contributed by atoms with Crippen LogP contribution in [0.25, 0.3) is 0 Å². The molecule has 0 aromatic carbocycles. The van der Waals surface area contributed by atoms with Gasteiger partial charge < -0.3 is 15.0 Å². The van der Waals surface area contributed by atoms with Crippen LogP contribution in [0.2, 0.25) is 0 Å². The molecule has 1 atom stereocenters. The fourth-order valence-electron chi connectivity index (χ4n) is 1.71. The van der Waals surface area contributed by atoms with E-state index in [1.165, 1.54) is 13.8 Å². The highest BCUT2D eigenvalue weighted by molar-refractivity contribution is 5.94. The zero-order chi connectivity index (χ0) is 11.7. The summed E-state index contributed by atoms with van der Waals surface area (Å²) in [7, 11) is 0. The Morgan fingerprint density at radius 1 is 1.38 bits per heavy atom. The highest BCUT2D eigenvalue weighted by Crippen LogP contribution is 2.25. The summed E-state index contributed by atoms with van der Waals surface area (Å²) in [5, 5.41) is 2.96. The molecule has 0 amide bonds. The van der Waals surface area contributed by atoms with Gasteiger partial charge in [-0.3, -0.25) is 9.59 Å². The van der Waals surface area contributed by atoms with Gasteiger partial charge in [0, 0.05) is 20.0 Å². The lowest BCUT2D eigenvalue weighted by Gasteiger charge is -2.23. The van der Waals surface area contributed by atoms with Crippen molar-refractivity contribution in [1.82, 2.24) is 10.2 Å². The maximum atomic E-state index is 11.5. The maximum absolute atomic E-state index is 11.5. The van der Waals surface area contributed by atoms with Gasteiger partial charge in [0.25, 0.3) is 0 Å². The number of allylic oxidation sites excluding steroid dienone is 3. The van der Waals surface area contributed by atoms with E-state index in [9.17, 15) is 9.59 Å². The van der Waals surface area contributed by atoms with Crippen LogP contribution in [0.5, 0.6) is 0 Å². The van der Waals surface area contributed by atoms with Gasteiger partial charge in [-0.25, -0.2) is 0 Å². The number of ketones is 1. The van der Waals surface area contributed by atoms with Crippen LogP contribution < -0.4 is 5.32 Å². The second-order valence-electron chi connectivity index (χ2n) is 3.55. The van der Waals surface area contributed by atoms with Crippen molar-refractivity contribution in [2.24, 2.45) is 0 Å². The maximum Gasteiger partial charge on any atom is 0.309 e. The van der Waals surface area contributed by atoms with Gasteiger partial charge in [-0.15, -0.1) is 0 Å². The molecule has 0 spiro atoms. The summed E-state index contributed by atoms with van der Waals surface area (Å²) in [5.41, 5.74) is 0.376. The molecular formula is C11H12N2O3. The van der Waals surface area contributed by atoms with E-state index in [2.05, 4.69) is 5.32 Å². The minimum absolute atomic E-state index is 0.147. The average Bonchev–Trinajstić information content (AvgIpc) is 2.53. The SMILES string of the molecule is CC(=O)OC1=C(C(C)=O)N2C=CC=CC2N1. The molecule has 2 rings (SSSR count). The predicted molar refractivity (Wildman–Crippen MR) is 56.5 cm³/mol. The van der Waals surface area contributed by atoms with Crippen LogP contribution in [0.4, 0.5) is 0 Å². The molecule has 84 valence electrons. The van der Waals surface area contributed by atoms with E-state index >= 15 is 0 Å². The van der Waals surface area contributed by atoms with Crippen LogP contribution >= 0.6 is 0 Å². The molecule has 0 saturated heterocycles. The number of fused-ring (bicyclic) bond motifs is 1. The highest BCUT2D eigenvalue weighted by Gasteiger charge is 2.33. The number of hydrogen-bond acceptors (Lipinski definition) is 5. The van der Waals surface area contributed by atoms with Crippen molar-refractivity contribution in [2.45, 2.75) is 20.0 Å². The zero-order valence-corrected chi connectivity index (χ0v) is 9.06. The van der Waals surface area contributed by atoms with Gasteiger partial charge in [0.05, 0.1) is 0 Å². The molecule has 0 bridgehead atoms. The molecule has 0 fully saturated rings. The largest absolute Gasteiger partial charge is 0.408 e. The van der Waals surface area contributed by atoms with Gasteiger partial charge in [0.2, 0.25) is 5.88 Å². The molecule has 2 aliphatic heterocycles. The Labute approximate surface area is 93.1 Å². The summed E-state index contributed by atoms with van der Waals surface area (Å²) in [5.74, 6) is -0.374. The fourth-order valence-corrected chi connectivity index (χ4v) is 1.71. The van der Waals surface area contributed by atoms with E-state index in [0.29, 0.717) is 5.70 Å². The molecule has 2 aliphatic rings. The van der Waals surface area contributed by atoms with Crippen molar-refractivity contribution in [1.29, 1.82) is 0 Å². The lowest BCUT2D eigenvalue weighted by molar-refractivity contribution is -0.137. The summed E-state index contributed by atoms with van der Waals surface area (Å²) in [4.78, 5) is 24.2. The molecule has 1 unspecified atom stereocenters. The van der Waals surface area contributed by atoms with Crippen LogP contribution in [0.15, 0.2) is 36.0 Å². The third-order valence-corrected chi connectivity index (χ3v) is 2.28. The Morgan fingerprint density at radius 2 is 2.12 bits per heavy atom. The Morgan fingerprint density at radius 3 is 2.75 bits per heavy atom. The first-order valence-corrected chi connectivity index (χ1v) is 4.93. The smallest absolute Gasteiger partial charge is 0.309 e. The third kappa shape index (κ3) is 1.71. The Kier molecular flexibility index (Phi) is 2.52. The number of nitrogens with zero attached hydrogens (tertiary/aromatic N) is 1. The molecule has 0 saturated carbocycles. The second kappa shape index (κ2) is 3.84. The third-order valence-electron chi connectivity index (χ3n) is 2.28. The van der Waals surface area contributed by atoms with Crippen LogP contribution in [0, 0.1) is 0 Å². The van der Waals surface area contributed by atoms with E-state index in [1.54, 1.807) is 11.1 Å². The van der Waals surface area contributed by atoms with Crippen molar-refractivity contribution < 1.29 is 14.3 Å². The number of carbonyl (C=O) groups excluding carboxylic acids is 2. The van der Waals surface area contributed by atoms with E-state index in [4.69, 9.17) is 4.74 Å².